The molecule has 3 nitrogen and oxygen atoms in total. The molecule has 1 aromatic heterocycles. The molecule has 1 heterocycles. The molecule has 0 saturated carbocycles. The van der Waals surface area contributed by atoms with Crippen molar-refractivity contribution in [1.82, 2.24) is 10.2 Å². The van der Waals surface area contributed by atoms with Crippen LogP contribution in [0.5, 0.6) is 5.75 Å². The van der Waals surface area contributed by atoms with E-state index in [0.717, 1.165) is 32.9 Å². The summed E-state index contributed by atoms with van der Waals surface area (Å²) in [6.45, 7) is 2.51. The van der Waals surface area contributed by atoms with Crippen LogP contribution in [0, 0.1) is 6.92 Å². The summed E-state index contributed by atoms with van der Waals surface area (Å²) in [6.07, 6.45) is 0. The van der Waals surface area contributed by atoms with Gasteiger partial charge in [-0.3, -0.25) is 5.10 Å². The highest BCUT2D eigenvalue weighted by molar-refractivity contribution is 6.30. The zero-order valence-corrected chi connectivity index (χ0v) is 11.2. The molecule has 1 N–H and O–H groups in total. The van der Waals surface area contributed by atoms with Crippen molar-refractivity contribution in [2.75, 3.05) is 0 Å². The largest absolute Gasteiger partial charge is 0.488 e. The van der Waals surface area contributed by atoms with Crippen LogP contribution in [0.25, 0.3) is 10.9 Å². The van der Waals surface area contributed by atoms with Gasteiger partial charge < -0.3 is 4.74 Å². The first-order chi connectivity index (χ1) is 9.24. The predicted octanol–water partition coefficient (Wildman–Crippen LogP) is 4.10. The minimum Gasteiger partial charge on any atom is -0.488 e. The molecule has 0 aliphatic heterocycles. The maximum atomic E-state index is 5.88. The summed E-state index contributed by atoms with van der Waals surface area (Å²) < 4.78 is 5.88. The monoisotopic (exact) mass is 272 g/mol. The Morgan fingerprint density at radius 1 is 1.16 bits per heavy atom. The molecule has 0 saturated heterocycles. The average molecular weight is 273 g/mol. The van der Waals surface area contributed by atoms with E-state index in [9.17, 15) is 0 Å². The van der Waals surface area contributed by atoms with E-state index in [1.54, 1.807) is 0 Å². The lowest BCUT2D eigenvalue weighted by atomic mass is 10.2. The number of benzene rings is 2. The standard InChI is InChI=1S/C15H13ClN2O/c1-10-15-13(18-17-10)3-2-4-14(15)19-9-11-5-7-12(16)8-6-11/h2-8H,9H2,1H3,(H,17,18). The number of nitrogens with zero attached hydrogens (tertiary/aromatic N) is 1. The molecule has 3 rings (SSSR count). The van der Waals surface area contributed by atoms with Crippen LogP contribution in [0.3, 0.4) is 0 Å². The molecular formula is C15H13ClN2O. The van der Waals surface area contributed by atoms with E-state index in [4.69, 9.17) is 16.3 Å². The molecule has 0 spiro atoms. The lowest BCUT2D eigenvalue weighted by molar-refractivity contribution is 0.310. The molecule has 19 heavy (non-hydrogen) atoms. The summed E-state index contributed by atoms with van der Waals surface area (Å²) >= 11 is 5.86. The molecule has 2 aromatic carbocycles. The number of fused-ring (bicyclic) bond motifs is 1. The highest BCUT2D eigenvalue weighted by atomic mass is 35.5. The van der Waals surface area contributed by atoms with Crippen molar-refractivity contribution in [3.8, 4) is 5.75 Å². The van der Waals surface area contributed by atoms with Crippen molar-refractivity contribution < 1.29 is 4.74 Å². The fourth-order valence-electron chi connectivity index (χ4n) is 2.05. The highest BCUT2D eigenvalue weighted by Gasteiger charge is 2.07. The van der Waals surface area contributed by atoms with E-state index in [0.29, 0.717) is 6.61 Å². The molecule has 0 atom stereocenters. The molecule has 0 radical (unpaired) electrons. The van der Waals surface area contributed by atoms with Gasteiger partial charge in [-0.25, -0.2) is 0 Å². The maximum Gasteiger partial charge on any atom is 0.131 e. The Labute approximate surface area is 116 Å². The van der Waals surface area contributed by atoms with E-state index in [1.807, 2.05) is 49.4 Å². The van der Waals surface area contributed by atoms with Crippen molar-refractivity contribution in [3.05, 3.63) is 58.7 Å². The van der Waals surface area contributed by atoms with Gasteiger partial charge in [-0.2, -0.15) is 5.10 Å². The molecule has 0 unspecified atom stereocenters. The fourth-order valence-corrected chi connectivity index (χ4v) is 2.18. The zero-order chi connectivity index (χ0) is 13.2. The summed E-state index contributed by atoms with van der Waals surface area (Å²) in [4.78, 5) is 0. The normalized spacial score (nSPS) is 10.8. The maximum absolute atomic E-state index is 5.88. The number of hydrogen-bond acceptors (Lipinski definition) is 2. The van der Waals surface area contributed by atoms with Crippen LogP contribution >= 0.6 is 11.6 Å². The van der Waals surface area contributed by atoms with E-state index in [2.05, 4.69) is 10.2 Å². The minimum absolute atomic E-state index is 0.515. The molecule has 0 aliphatic carbocycles. The van der Waals surface area contributed by atoms with E-state index < -0.39 is 0 Å². The van der Waals surface area contributed by atoms with E-state index in [-0.39, 0.29) is 0 Å². The number of nitrogens with one attached hydrogen (secondary N) is 1. The minimum atomic E-state index is 0.515. The van der Waals surface area contributed by atoms with Crippen LogP contribution < -0.4 is 4.74 Å². The Morgan fingerprint density at radius 2 is 1.95 bits per heavy atom. The number of aromatic nitrogens is 2. The number of aryl methyl sites for hydroxylation is 1. The zero-order valence-electron chi connectivity index (χ0n) is 10.5. The van der Waals surface area contributed by atoms with Crippen LogP contribution in [0.15, 0.2) is 42.5 Å². The number of hydrogen-bond donors (Lipinski definition) is 1. The van der Waals surface area contributed by atoms with Crippen molar-refractivity contribution >= 4 is 22.5 Å². The predicted molar refractivity (Wildman–Crippen MR) is 76.6 cm³/mol. The number of halogens is 1. The molecule has 3 aromatic rings. The van der Waals surface area contributed by atoms with Gasteiger partial charge in [-0.15, -0.1) is 0 Å². The molecule has 0 amide bonds. The van der Waals surface area contributed by atoms with E-state index >= 15 is 0 Å². The first-order valence-electron chi connectivity index (χ1n) is 6.05. The molecular weight excluding hydrogens is 260 g/mol. The van der Waals surface area contributed by atoms with Crippen LogP contribution in [-0.4, -0.2) is 10.2 Å². The van der Waals surface area contributed by atoms with Gasteiger partial charge >= 0.3 is 0 Å². The number of H-pyrrole nitrogens is 1. The van der Waals surface area contributed by atoms with Gasteiger partial charge in [0, 0.05) is 10.7 Å². The second-order valence-electron chi connectivity index (χ2n) is 4.41. The van der Waals surface area contributed by atoms with Gasteiger partial charge in [0.1, 0.15) is 12.4 Å². The van der Waals surface area contributed by atoms with Gasteiger partial charge in [0.15, 0.2) is 0 Å². The Balaban J connectivity index is 1.85. The number of rotatable bonds is 3. The summed E-state index contributed by atoms with van der Waals surface area (Å²) in [5.41, 5.74) is 3.02. The van der Waals surface area contributed by atoms with E-state index in [1.165, 1.54) is 0 Å². The van der Waals surface area contributed by atoms with Gasteiger partial charge in [-0.05, 0) is 36.8 Å². The summed E-state index contributed by atoms with van der Waals surface area (Å²) in [5, 5.41) is 8.97. The Morgan fingerprint density at radius 3 is 2.74 bits per heavy atom. The van der Waals surface area contributed by atoms with Crippen molar-refractivity contribution in [2.24, 2.45) is 0 Å². The Bertz CT molecular complexity index is 704. The third kappa shape index (κ3) is 2.42. The van der Waals surface area contributed by atoms with Gasteiger partial charge in [0.05, 0.1) is 10.9 Å². The van der Waals surface area contributed by atoms with Crippen molar-refractivity contribution in [3.63, 3.8) is 0 Å². The molecule has 4 heteroatoms. The molecule has 0 bridgehead atoms. The summed E-state index contributed by atoms with van der Waals surface area (Å²) in [6, 6.07) is 13.5. The SMILES string of the molecule is Cc1[nH]nc2cccc(OCc3ccc(Cl)cc3)c12. The third-order valence-corrected chi connectivity index (χ3v) is 3.28. The fraction of sp³-hybridized carbons (Fsp3) is 0.133. The van der Waals surface area contributed by atoms with Crippen LogP contribution in [-0.2, 0) is 6.61 Å². The quantitative estimate of drug-likeness (QED) is 0.779. The van der Waals surface area contributed by atoms with Gasteiger partial charge in [0.25, 0.3) is 0 Å². The second-order valence-corrected chi connectivity index (χ2v) is 4.85. The van der Waals surface area contributed by atoms with Crippen LogP contribution in [0.2, 0.25) is 5.02 Å². The molecule has 0 fully saturated rings. The van der Waals surface area contributed by atoms with Crippen LogP contribution in [0.4, 0.5) is 0 Å². The van der Waals surface area contributed by atoms with Gasteiger partial charge in [0.2, 0.25) is 0 Å². The summed E-state index contributed by atoms with van der Waals surface area (Å²) in [5.74, 6) is 0.846. The molecule has 0 aliphatic rings. The molecule has 96 valence electrons. The smallest absolute Gasteiger partial charge is 0.131 e. The first-order valence-corrected chi connectivity index (χ1v) is 6.43. The number of ether oxygens (including phenoxy) is 1. The highest BCUT2D eigenvalue weighted by Crippen LogP contribution is 2.27. The summed E-state index contributed by atoms with van der Waals surface area (Å²) in [7, 11) is 0. The van der Waals surface area contributed by atoms with Crippen molar-refractivity contribution in [1.29, 1.82) is 0 Å². The lowest BCUT2D eigenvalue weighted by Gasteiger charge is -2.08. The first kappa shape index (κ1) is 12.1. The van der Waals surface area contributed by atoms with Crippen molar-refractivity contribution in [2.45, 2.75) is 13.5 Å². The Kier molecular flexibility index (Phi) is 3.13. The van der Waals surface area contributed by atoms with Gasteiger partial charge in [-0.1, -0.05) is 29.8 Å². The number of aromatic amines is 1. The average Bonchev–Trinajstić information content (AvgIpc) is 2.81. The second kappa shape index (κ2) is 4.94. The lowest BCUT2D eigenvalue weighted by Crippen LogP contribution is -1.95. The third-order valence-electron chi connectivity index (χ3n) is 3.03. The Hall–Kier alpha value is -2.00. The topological polar surface area (TPSA) is 37.9 Å². The van der Waals surface area contributed by atoms with Crippen LogP contribution in [0.1, 0.15) is 11.3 Å².